The Kier molecular flexibility index (Phi) is 3.73. The highest BCUT2D eigenvalue weighted by Crippen LogP contribution is 2.37. The van der Waals surface area contributed by atoms with Crippen molar-refractivity contribution in [2.24, 2.45) is 0 Å². The molecule has 0 spiro atoms. The van der Waals surface area contributed by atoms with Gasteiger partial charge in [-0.15, -0.1) is 0 Å². The lowest BCUT2D eigenvalue weighted by Gasteiger charge is -2.07. The molecule has 0 aliphatic rings. The number of anilines is 1. The highest BCUT2D eigenvalue weighted by atomic mass is 35.5. The summed E-state index contributed by atoms with van der Waals surface area (Å²) in [4.78, 5) is 14.2. The molecule has 0 bridgehead atoms. The largest absolute Gasteiger partial charge is 0.432 e. The molecule has 1 aromatic heterocycles. The lowest BCUT2D eigenvalue weighted by Crippen LogP contribution is -1.96. The molecule has 0 radical (unpaired) electrons. The van der Waals surface area contributed by atoms with Gasteiger partial charge in [0.15, 0.2) is 0 Å². The van der Waals surface area contributed by atoms with E-state index in [2.05, 4.69) is 4.98 Å². The molecule has 0 aliphatic carbocycles. The number of benzene rings is 1. The van der Waals surface area contributed by atoms with E-state index in [1.807, 2.05) is 0 Å². The summed E-state index contributed by atoms with van der Waals surface area (Å²) < 4.78 is 5.31. The molecule has 0 aliphatic heterocycles. The van der Waals surface area contributed by atoms with Crippen LogP contribution in [0.5, 0.6) is 11.6 Å². The fourth-order valence-corrected chi connectivity index (χ4v) is 1.65. The molecule has 0 fully saturated rings. The average Bonchev–Trinajstić information content (AvgIpc) is 2.33. The molecular formula is C11H7Cl2N3O3. The molecule has 19 heavy (non-hydrogen) atoms. The zero-order chi connectivity index (χ0) is 14.0. The molecule has 8 heteroatoms. The Morgan fingerprint density at radius 2 is 1.95 bits per heavy atom. The topological polar surface area (TPSA) is 91.3 Å². The van der Waals surface area contributed by atoms with Crippen molar-refractivity contribution in [2.75, 3.05) is 5.73 Å². The van der Waals surface area contributed by atoms with Crippen LogP contribution in [0, 0.1) is 10.1 Å². The number of halogens is 2. The number of nitrogens with zero attached hydrogens (tertiary/aromatic N) is 2. The second-order valence-electron chi connectivity index (χ2n) is 3.52. The number of nitrogens with two attached hydrogens (primary N) is 1. The van der Waals surface area contributed by atoms with Gasteiger partial charge in [-0.2, -0.15) is 0 Å². The fourth-order valence-electron chi connectivity index (χ4n) is 1.34. The van der Waals surface area contributed by atoms with E-state index < -0.39 is 4.92 Å². The second-order valence-corrected chi connectivity index (χ2v) is 4.34. The summed E-state index contributed by atoms with van der Waals surface area (Å²) in [5.41, 5.74) is 5.68. The summed E-state index contributed by atoms with van der Waals surface area (Å²) in [5, 5.41) is 11.1. The SMILES string of the molecule is Nc1ccnc(Oc2cc(Cl)c(Cl)cc2[N+](=O)[O-])c1. The number of hydrogen-bond acceptors (Lipinski definition) is 5. The van der Waals surface area contributed by atoms with Gasteiger partial charge in [-0.3, -0.25) is 10.1 Å². The molecule has 0 unspecified atom stereocenters. The molecule has 2 N–H and O–H groups in total. The Labute approximate surface area is 117 Å². The lowest BCUT2D eigenvalue weighted by molar-refractivity contribution is -0.385. The van der Waals surface area contributed by atoms with Crippen LogP contribution < -0.4 is 10.5 Å². The molecule has 2 rings (SSSR count). The minimum absolute atomic E-state index is 0.0579. The van der Waals surface area contributed by atoms with Gasteiger partial charge < -0.3 is 10.5 Å². The van der Waals surface area contributed by atoms with Gasteiger partial charge in [0.05, 0.1) is 15.0 Å². The number of rotatable bonds is 3. The number of nitro benzene ring substituents is 1. The smallest absolute Gasteiger partial charge is 0.313 e. The van der Waals surface area contributed by atoms with Crippen molar-refractivity contribution < 1.29 is 9.66 Å². The van der Waals surface area contributed by atoms with Gasteiger partial charge in [-0.05, 0) is 6.07 Å². The number of pyridine rings is 1. The normalized spacial score (nSPS) is 10.2. The first kappa shape index (κ1) is 13.4. The van der Waals surface area contributed by atoms with Crippen molar-refractivity contribution in [3.05, 3.63) is 50.6 Å². The van der Waals surface area contributed by atoms with Crippen molar-refractivity contribution >= 4 is 34.6 Å². The van der Waals surface area contributed by atoms with Gasteiger partial charge in [-0.1, -0.05) is 23.2 Å². The Morgan fingerprint density at radius 3 is 2.58 bits per heavy atom. The van der Waals surface area contributed by atoms with Crippen LogP contribution in [0.1, 0.15) is 0 Å². The van der Waals surface area contributed by atoms with E-state index in [4.69, 9.17) is 33.7 Å². The second kappa shape index (κ2) is 5.29. The van der Waals surface area contributed by atoms with Crippen molar-refractivity contribution in [2.45, 2.75) is 0 Å². The van der Waals surface area contributed by atoms with Gasteiger partial charge in [-0.25, -0.2) is 4.98 Å². The minimum Gasteiger partial charge on any atom is -0.432 e. The summed E-state index contributed by atoms with van der Waals surface area (Å²) >= 11 is 11.5. The Hall–Kier alpha value is -2.05. The van der Waals surface area contributed by atoms with Crippen LogP contribution >= 0.6 is 23.2 Å². The van der Waals surface area contributed by atoms with Gasteiger partial charge in [0.25, 0.3) is 0 Å². The zero-order valence-corrected chi connectivity index (χ0v) is 10.9. The van der Waals surface area contributed by atoms with Crippen LogP contribution in [-0.4, -0.2) is 9.91 Å². The summed E-state index contributed by atoms with van der Waals surface area (Å²) in [5.74, 6) is 0.0685. The van der Waals surface area contributed by atoms with E-state index >= 15 is 0 Å². The quantitative estimate of drug-likeness (QED) is 0.689. The van der Waals surface area contributed by atoms with Gasteiger partial charge in [0.2, 0.25) is 11.6 Å². The molecule has 1 heterocycles. The highest BCUT2D eigenvalue weighted by Gasteiger charge is 2.19. The number of nitrogen functional groups attached to an aromatic ring is 1. The third kappa shape index (κ3) is 3.04. The van der Waals surface area contributed by atoms with E-state index in [0.717, 1.165) is 6.07 Å². The third-order valence-corrected chi connectivity index (χ3v) is 2.89. The van der Waals surface area contributed by atoms with Crippen LogP contribution in [0.4, 0.5) is 11.4 Å². The number of aromatic nitrogens is 1. The molecular weight excluding hydrogens is 293 g/mol. The molecule has 6 nitrogen and oxygen atoms in total. The van der Waals surface area contributed by atoms with Crippen LogP contribution in [0.3, 0.4) is 0 Å². The van der Waals surface area contributed by atoms with Gasteiger partial charge in [0.1, 0.15) is 0 Å². The van der Waals surface area contributed by atoms with Crippen LogP contribution in [0.25, 0.3) is 0 Å². The Balaban J connectivity index is 2.44. The zero-order valence-electron chi connectivity index (χ0n) is 9.34. The molecule has 0 atom stereocenters. The van der Waals surface area contributed by atoms with Crippen LogP contribution in [-0.2, 0) is 0 Å². The highest BCUT2D eigenvalue weighted by molar-refractivity contribution is 6.42. The van der Waals surface area contributed by atoms with Crippen LogP contribution in [0.15, 0.2) is 30.5 Å². The minimum atomic E-state index is -0.621. The molecule has 2 aromatic rings. The summed E-state index contributed by atoms with van der Waals surface area (Å²) in [6, 6.07) is 5.38. The number of ether oxygens (including phenoxy) is 1. The maximum absolute atomic E-state index is 10.9. The van der Waals surface area contributed by atoms with E-state index in [9.17, 15) is 10.1 Å². The molecule has 0 saturated carbocycles. The van der Waals surface area contributed by atoms with Gasteiger partial charge >= 0.3 is 5.69 Å². The van der Waals surface area contributed by atoms with E-state index in [-0.39, 0.29) is 27.4 Å². The monoisotopic (exact) mass is 299 g/mol. The summed E-state index contributed by atoms with van der Waals surface area (Å²) in [6.07, 6.45) is 1.42. The molecule has 98 valence electrons. The Bertz CT molecular complexity index is 649. The van der Waals surface area contributed by atoms with Crippen molar-refractivity contribution in [1.29, 1.82) is 0 Å². The van der Waals surface area contributed by atoms with E-state index in [1.165, 1.54) is 18.3 Å². The standard InChI is InChI=1S/C11H7Cl2N3O3/c12-7-4-9(16(17)18)10(5-8(7)13)19-11-3-6(14)1-2-15-11/h1-5H,(H2,14,15). The van der Waals surface area contributed by atoms with Crippen LogP contribution in [0.2, 0.25) is 10.0 Å². The molecule has 0 saturated heterocycles. The first-order valence-corrected chi connectivity index (χ1v) is 5.76. The predicted molar refractivity (Wildman–Crippen MR) is 71.8 cm³/mol. The van der Waals surface area contributed by atoms with Crippen molar-refractivity contribution in [3.8, 4) is 11.6 Å². The van der Waals surface area contributed by atoms with E-state index in [1.54, 1.807) is 6.07 Å². The number of hydrogen-bond donors (Lipinski definition) is 1. The van der Waals surface area contributed by atoms with Crippen molar-refractivity contribution in [3.63, 3.8) is 0 Å². The fraction of sp³-hybridized carbons (Fsp3) is 0. The lowest BCUT2D eigenvalue weighted by atomic mass is 10.3. The average molecular weight is 300 g/mol. The third-order valence-electron chi connectivity index (χ3n) is 2.17. The first-order chi connectivity index (χ1) is 8.97. The molecule has 0 amide bonds. The predicted octanol–water partition coefficient (Wildman–Crippen LogP) is 3.67. The van der Waals surface area contributed by atoms with E-state index in [0.29, 0.717) is 5.69 Å². The summed E-state index contributed by atoms with van der Waals surface area (Å²) in [6.45, 7) is 0. The molecule has 1 aromatic carbocycles. The first-order valence-electron chi connectivity index (χ1n) is 5.00. The van der Waals surface area contributed by atoms with Gasteiger partial charge in [0, 0.05) is 30.1 Å². The van der Waals surface area contributed by atoms with Crippen molar-refractivity contribution in [1.82, 2.24) is 4.98 Å². The number of nitro groups is 1. The maximum atomic E-state index is 10.9. The maximum Gasteiger partial charge on any atom is 0.313 e. The summed E-state index contributed by atoms with van der Waals surface area (Å²) in [7, 11) is 0. The Morgan fingerprint density at radius 1 is 1.26 bits per heavy atom.